The molecule has 1 aromatic carbocycles. The molecule has 1 fully saturated rings. The summed E-state index contributed by atoms with van der Waals surface area (Å²) in [7, 11) is -1.97. The minimum Gasteiger partial charge on any atom is -0.496 e. The molecule has 1 aromatic rings. The van der Waals surface area contributed by atoms with E-state index in [9.17, 15) is 13.2 Å². The number of anilines is 1. The van der Waals surface area contributed by atoms with Gasteiger partial charge in [-0.2, -0.15) is 0 Å². The fourth-order valence-electron chi connectivity index (χ4n) is 2.29. The van der Waals surface area contributed by atoms with Crippen molar-refractivity contribution in [3.8, 4) is 5.75 Å². The van der Waals surface area contributed by atoms with E-state index in [1.807, 2.05) is 6.07 Å². The fourth-order valence-corrected chi connectivity index (χ4v) is 3.89. The van der Waals surface area contributed by atoms with Gasteiger partial charge >= 0.3 is 0 Å². The largest absolute Gasteiger partial charge is 0.496 e. The van der Waals surface area contributed by atoms with E-state index >= 15 is 0 Å². The molecule has 8 heteroatoms. The summed E-state index contributed by atoms with van der Waals surface area (Å²) >= 11 is 2.13. The molecule has 0 aromatic heterocycles. The highest BCUT2D eigenvalue weighted by atomic mass is 127. The third kappa shape index (κ3) is 3.61. The monoisotopic (exact) mass is 410 g/mol. The molecule has 0 spiro atoms. The number of nitrogens with zero attached hydrogens (tertiary/aromatic N) is 1. The van der Waals surface area contributed by atoms with Crippen LogP contribution in [0.15, 0.2) is 18.2 Å². The van der Waals surface area contributed by atoms with Crippen LogP contribution in [-0.2, 0) is 14.8 Å². The second kappa shape index (κ2) is 5.86. The Hall–Kier alpha value is -0.870. The van der Waals surface area contributed by atoms with E-state index in [4.69, 9.17) is 9.88 Å². The summed E-state index contributed by atoms with van der Waals surface area (Å²) < 4.78 is 28.3. The second-order valence-corrected chi connectivity index (χ2v) is 7.54. The van der Waals surface area contributed by atoms with Gasteiger partial charge in [-0.15, -0.1) is 0 Å². The molecule has 1 saturated heterocycles. The number of sulfonamides is 1. The summed E-state index contributed by atoms with van der Waals surface area (Å²) in [5, 5.41) is 5.03. The van der Waals surface area contributed by atoms with Gasteiger partial charge in [0.2, 0.25) is 15.9 Å². The van der Waals surface area contributed by atoms with Crippen LogP contribution in [-0.4, -0.2) is 33.7 Å². The average Bonchev–Trinajstić information content (AvgIpc) is 2.67. The minimum absolute atomic E-state index is 0.0837. The van der Waals surface area contributed by atoms with Crippen molar-refractivity contribution in [2.24, 2.45) is 11.1 Å². The number of ether oxygens (including phenoxy) is 1. The summed E-state index contributed by atoms with van der Waals surface area (Å²) in [5.41, 5.74) is 0.747. The van der Waals surface area contributed by atoms with Crippen molar-refractivity contribution in [1.29, 1.82) is 0 Å². The summed E-state index contributed by atoms with van der Waals surface area (Å²) in [4.78, 5) is 13.6. The number of carbonyl (C=O) groups is 1. The van der Waals surface area contributed by atoms with Gasteiger partial charge in [0.25, 0.3) is 0 Å². The molecule has 0 saturated carbocycles. The topological polar surface area (TPSA) is 89.7 Å². The van der Waals surface area contributed by atoms with Crippen LogP contribution in [0.25, 0.3) is 0 Å². The Morgan fingerprint density at radius 3 is 2.75 bits per heavy atom. The van der Waals surface area contributed by atoms with E-state index in [1.165, 1.54) is 0 Å². The number of halogens is 1. The predicted octanol–water partition coefficient (Wildman–Crippen LogP) is 0.941. The van der Waals surface area contributed by atoms with Crippen molar-refractivity contribution in [2.45, 2.75) is 6.42 Å². The lowest BCUT2D eigenvalue weighted by Crippen LogP contribution is -2.27. The van der Waals surface area contributed by atoms with Crippen LogP contribution in [0.4, 0.5) is 5.69 Å². The molecule has 6 nitrogen and oxygen atoms in total. The lowest BCUT2D eigenvalue weighted by molar-refractivity contribution is -0.117. The SMILES string of the molecule is COc1ccc(N2CC(CS(N)(=O)=O)CC2=O)cc1I. The fraction of sp³-hybridized carbons (Fsp3) is 0.417. The normalized spacial score (nSPS) is 19.4. The number of nitrogens with two attached hydrogens (primary N) is 1. The van der Waals surface area contributed by atoms with Crippen LogP contribution in [0.1, 0.15) is 6.42 Å². The zero-order valence-electron chi connectivity index (χ0n) is 10.9. The molecule has 2 rings (SSSR count). The number of amides is 1. The number of rotatable bonds is 4. The Labute approximate surface area is 131 Å². The van der Waals surface area contributed by atoms with Gasteiger partial charge in [0.1, 0.15) is 5.75 Å². The number of benzene rings is 1. The Bertz CT molecular complexity index is 632. The average molecular weight is 410 g/mol. The van der Waals surface area contributed by atoms with E-state index < -0.39 is 10.0 Å². The molecular formula is C12H15IN2O4S. The van der Waals surface area contributed by atoms with Gasteiger partial charge in [0.15, 0.2) is 0 Å². The molecule has 0 radical (unpaired) electrons. The lowest BCUT2D eigenvalue weighted by Gasteiger charge is -2.17. The van der Waals surface area contributed by atoms with Crippen LogP contribution in [0.3, 0.4) is 0 Å². The smallest absolute Gasteiger partial charge is 0.227 e. The quantitative estimate of drug-likeness (QED) is 0.749. The Morgan fingerprint density at radius 2 is 2.20 bits per heavy atom. The van der Waals surface area contributed by atoms with Crippen molar-refractivity contribution in [3.63, 3.8) is 0 Å². The highest BCUT2D eigenvalue weighted by Gasteiger charge is 2.32. The summed E-state index contributed by atoms with van der Waals surface area (Å²) in [6.07, 6.45) is 0.207. The van der Waals surface area contributed by atoms with Gasteiger partial charge < -0.3 is 9.64 Å². The summed E-state index contributed by atoms with van der Waals surface area (Å²) in [6, 6.07) is 5.42. The van der Waals surface area contributed by atoms with Gasteiger partial charge in [0.05, 0.1) is 16.4 Å². The molecular weight excluding hydrogens is 395 g/mol. The zero-order chi connectivity index (χ0) is 14.9. The third-order valence-electron chi connectivity index (χ3n) is 3.12. The predicted molar refractivity (Wildman–Crippen MR) is 84.1 cm³/mol. The zero-order valence-corrected chi connectivity index (χ0v) is 13.8. The molecule has 1 heterocycles. The van der Waals surface area contributed by atoms with E-state index in [2.05, 4.69) is 22.6 Å². The van der Waals surface area contributed by atoms with Crippen molar-refractivity contribution < 1.29 is 17.9 Å². The molecule has 0 aliphatic carbocycles. The molecule has 1 unspecified atom stereocenters. The standard InChI is InChI=1S/C12H15IN2O4S/c1-19-11-3-2-9(5-10(11)13)15-6-8(4-12(15)16)7-20(14,17)18/h2-3,5,8H,4,6-7H2,1H3,(H2,14,17,18). The minimum atomic E-state index is -3.56. The molecule has 110 valence electrons. The highest BCUT2D eigenvalue weighted by Crippen LogP contribution is 2.30. The Kier molecular flexibility index (Phi) is 4.55. The van der Waals surface area contributed by atoms with Gasteiger partial charge in [-0.05, 0) is 40.8 Å². The molecule has 20 heavy (non-hydrogen) atoms. The van der Waals surface area contributed by atoms with Crippen LogP contribution >= 0.6 is 22.6 Å². The first-order chi connectivity index (χ1) is 9.30. The van der Waals surface area contributed by atoms with E-state index in [0.29, 0.717) is 6.54 Å². The van der Waals surface area contributed by atoms with Gasteiger partial charge in [0, 0.05) is 24.6 Å². The van der Waals surface area contributed by atoms with Crippen LogP contribution in [0, 0.1) is 9.49 Å². The number of hydrogen-bond acceptors (Lipinski definition) is 4. The molecule has 2 N–H and O–H groups in total. The second-order valence-electron chi connectivity index (χ2n) is 4.72. The Balaban J connectivity index is 2.18. The van der Waals surface area contributed by atoms with Gasteiger partial charge in [-0.1, -0.05) is 0 Å². The van der Waals surface area contributed by atoms with E-state index in [1.54, 1.807) is 24.1 Å². The van der Waals surface area contributed by atoms with Crippen molar-refractivity contribution in [3.05, 3.63) is 21.8 Å². The highest BCUT2D eigenvalue weighted by molar-refractivity contribution is 14.1. The number of methoxy groups -OCH3 is 1. The molecule has 1 aliphatic heterocycles. The van der Waals surface area contributed by atoms with Crippen LogP contribution < -0.4 is 14.8 Å². The van der Waals surface area contributed by atoms with E-state index in [0.717, 1.165) is 15.0 Å². The number of primary sulfonamides is 1. The first kappa shape index (κ1) is 15.5. The number of hydrogen-bond donors (Lipinski definition) is 1. The molecule has 1 aliphatic rings. The van der Waals surface area contributed by atoms with Crippen LogP contribution in [0.5, 0.6) is 5.75 Å². The first-order valence-corrected chi connectivity index (χ1v) is 8.74. The molecule has 1 atom stereocenters. The van der Waals surface area contributed by atoms with Crippen molar-refractivity contribution in [1.82, 2.24) is 0 Å². The first-order valence-electron chi connectivity index (χ1n) is 5.94. The molecule has 1 amide bonds. The maximum absolute atomic E-state index is 12.0. The lowest BCUT2D eigenvalue weighted by atomic mass is 10.1. The molecule has 0 bridgehead atoms. The van der Waals surface area contributed by atoms with E-state index in [-0.39, 0.29) is 24.0 Å². The Morgan fingerprint density at radius 1 is 1.50 bits per heavy atom. The van der Waals surface area contributed by atoms with Crippen LogP contribution in [0.2, 0.25) is 0 Å². The maximum Gasteiger partial charge on any atom is 0.227 e. The summed E-state index contributed by atoms with van der Waals surface area (Å²) in [6.45, 7) is 0.373. The van der Waals surface area contributed by atoms with Gasteiger partial charge in [-0.3, -0.25) is 4.79 Å². The maximum atomic E-state index is 12.0. The summed E-state index contributed by atoms with van der Waals surface area (Å²) in [5.74, 6) is 0.238. The number of carbonyl (C=O) groups excluding carboxylic acids is 1. The van der Waals surface area contributed by atoms with Crippen molar-refractivity contribution >= 4 is 44.2 Å². The van der Waals surface area contributed by atoms with Gasteiger partial charge in [-0.25, -0.2) is 13.6 Å². The van der Waals surface area contributed by atoms with Crippen molar-refractivity contribution in [2.75, 3.05) is 24.3 Å². The third-order valence-corrected chi connectivity index (χ3v) is 4.90.